The number of aryl methyl sites for hydroxylation is 1. The number of nitrogens with zero attached hydrogens (tertiary/aromatic N) is 2. The van der Waals surface area contributed by atoms with E-state index in [4.69, 9.17) is 0 Å². The second-order valence-corrected chi connectivity index (χ2v) is 7.86. The molecular formula is C25H32N2O2. The predicted octanol–water partition coefficient (Wildman–Crippen LogP) is 4.50. The number of hydrogen-bond acceptors (Lipinski definition) is 3. The lowest BCUT2D eigenvalue weighted by Crippen LogP contribution is -2.47. The standard InChI is InChI=1S/C25H32N2O2/c1-4-26(5-2)23(20-9-7-6-8-10-20)25(29)27-17-15-22(16-18-27)24(28)21-13-11-19(3)12-14-21/h6-14,22-23H,4-5,15-18H2,1-3H3. The van der Waals surface area contributed by atoms with E-state index < -0.39 is 0 Å². The van der Waals surface area contributed by atoms with Crippen molar-refractivity contribution in [2.45, 2.75) is 39.7 Å². The van der Waals surface area contributed by atoms with Gasteiger partial charge >= 0.3 is 0 Å². The Balaban J connectivity index is 1.69. The number of Topliss-reactive ketones (excluding diaryl/α,β-unsaturated/α-hetero) is 1. The van der Waals surface area contributed by atoms with Gasteiger partial charge in [-0.25, -0.2) is 0 Å². The number of amides is 1. The summed E-state index contributed by atoms with van der Waals surface area (Å²) in [7, 11) is 0. The molecule has 1 aliphatic rings. The van der Waals surface area contributed by atoms with Crippen molar-refractivity contribution < 1.29 is 9.59 Å². The van der Waals surface area contributed by atoms with Crippen molar-refractivity contribution >= 4 is 11.7 Å². The number of carbonyl (C=O) groups excluding carboxylic acids is 2. The van der Waals surface area contributed by atoms with Gasteiger partial charge in [-0.2, -0.15) is 0 Å². The molecule has 1 amide bonds. The Morgan fingerprint density at radius 3 is 2.10 bits per heavy atom. The summed E-state index contributed by atoms with van der Waals surface area (Å²) in [4.78, 5) is 30.4. The molecule has 29 heavy (non-hydrogen) atoms. The van der Waals surface area contributed by atoms with Gasteiger partial charge in [0, 0.05) is 24.6 Å². The lowest BCUT2D eigenvalue weighted by molar-refractivity contribution is -0.138. The average Bonchev–Trinajstić information content (AvgIpc) is 2.77. The van der Waals surface area contributed by atoms with Crippen LogP contribution in [0, 0.1) is 12.8 Å². The van der Waals surface area contributed by atoms with Gasteiger partial charge in [0.25, 0.3) is 0 Å². The van der Waals surface area contributed by atoms with Crippen LogP contribution in [0.1, 0.15) is 54.2 Å². The van der Waals surface area contributed by atoms with Gasteiger partial charge in [0.1, 0.15) is 6.04 Å². The van der Waals surface area contributed by atoms with E-state index in [-0.39, 0.29) is 23.7 Å². The zero-order valence-corrected chi connectivity index (χ0v) is 17.8. The van der Waals surface area contributed by atoms with Crippen molar-refractivity contribution in [3.8, 4) is 0 Å². The molecule has 0 spiro atoms. The maximum atomic E-state index is 13.4. The molecule has 2 aromatic carbocycles. The minimum atomic E-state index is -0.254. The van der Waals surface area contributed by atoms with Crippen LogP contribution in [0.15, 0.2) is 54.6 Å². The lowest BCUT2D eigenvalue weighted by Gasteiger charge is -2.37. The molecule has 0 aliphatic carbocycles. The highest BCUT2D eigenvalue weighted by Crippen LogP contribution is 2.27. The highest BCUT2D eigenvalue weighted by atomic mass is 16.2. The first kappa shape index (κ1) is 21.3. The molecule has 4 nitrogen and oxygen atoms in total. The predicted molar refractivity (Wildman–Crippen MR) is 117 cm³/mol. The van der Waals surface area contributed by atoms with E-state index in [9.17, 15) is 9.59 Å². The smallest absolute Gasteiger partial charge is 0.244 e. The Kier molecular flexibility index (Phi) is 7.21. The Morgan fingerprint density at radius 1 is 0.966 bits per heavy atom. The third kappa shape index (κ3) is 4.94. The van der Waals surface area contributed by atoms with Crippen LogP contribution in [0.5, 0.6) is 0 Å². The van der Waals surface area contributed by atoms with E-state index in [0.29, 0.717) is 13.1 Å². The number of benzene rings is 2. The summed E-state index contributed by atoms with van der Waals surface area (Å²) >= 11 is 0. The molecule has 1 heterocycles. The van der Waals surface area contributed by atoms with Crippen LogP contribution in [0.2, 0.25) is 0 Å². The minimum absolute atomic E-state index is 0.00499. The largest absolute Gasteiger partial charge is 0.341 e. The molecule has 0 aromatic heterocycles. The van der Waals surface area contributed by atoms with Crippen molar-refractivity contribution in [2.75, 3.05) is 26.2 Å². The van der Waals surface area contributed by atoms with Crippen LogP contribution in [0.4, 0.5) is 0 Å². The molecule has 4 heteroatoms. The molecule has 0 saturated carbocycles. The highest BCUT2D eigenvalue weighted by Gasteiger charge is 2.33. The second kappa shape index (κ2) is 9.84. The molecule has 1 aliphatic heterocycles. The van der Waals surface area contributed by atoms with E-state index in [1.165, 1.54) is 0 Å². The van der Waals surface area contributed by atoms with Gasteiger partial charge in [-0.3, -0.25) is 14.5 Å². The van der Waals surface area contributed by atoms with Crippen LogP contribution >= 0.6 is 0 Å². The van der Waals surface area contributed by atoms with Gasteiger partial charge in [-0.1, -0.05) is 74.0 Å². The van der Waals surface area contributed by atoms with Crippen molar-refractivity contribution in [2.24, 2.45) is 5.92 Å². The molecule has 1 saturated heterocycles. The number of carbonyl (C=O) groups is 2. The summed E-state index contributed by atoms with van der Waals surface area (Å²) in [5.74, 6) is 0.368. The molecule has 3 rings (SSSR count). The number of likely N-dealkylation sites (tertiary alicyclic amines) is 1. The molecule has 0 radical (unpaired) electrons. The minimum Gasteiger partial charge on any atom is -0.341 e. The van der Waals surface area contributed by atoms with Crippen molar-refractivity contribution in [1.29, 1.82) is 0 Å². The first-order valence-corrected chi connectivity index (χ1v) is 10.7. The van der Waals surface area contributed by atoms with E-state index in [1.807, 2.05) is 66.4 Å². The number of ketones is 1. The first-order valence-electron chi connectivity index (χ1n) is 10.7. The van der Waals surface area contributed by atoms with E-state index >= 15 is 0 Å². The maximum absolute atomic E-state index is 13.4. The number of likely N-dealkylation sites (N-methyl/N-ethyl adjacent to an activating group) is 1. The van der Waals surface area contributed by atoms with E-state index in [2.05, 4.69) is 18.7 Å². The monoisotopic (exact) mass is 392 g/mol. The second-order valence-electron chi connectivity index (χ2n) is 7.86. The van der Waals surface area contributed by atoms with Gasteiger partial charge in [0.15, 0.2) is 5.78 Å². The summed E-state index contributed by atoms with van der Waals surface area (Å²) in [5.41, 5.74) is 2.98. The van der Waals surface area contributed by atoms with Crippen LogP contribution < -0.4 is 0 Å². The number of rotatable bonds is 7. The molecule has 1 atom stereocenters. The van der Waals surface area contributed by atoms with Crippen molar-refractivity contribution in [3.05, 3.63) is 71.3 Å². The zero-order chi connectivity index (χ0) is 20.8. The molecular weight excluding hydrogens is 360 g/mol. The van der Waals surface area contributed by atoms with Crippen LogP contribution in [-0.2, 0) is 4.79 Å². The van der Waals surface area contributed by atoms with Crippen molar-refractivity contribution in [3.63, 3.8) is 0 Å². The van der Waals surface area contributed by atoms with Crippen molar-refractivity contribution in [1.82, 2.24) is 9.80 Å². The third-order valence-corrected chi connectivity index (χ3v) is 6.04. The van der Waals surface area contributed by atoms with Gasteiger partial charge in [-0.05, 0) is 38.4 Å². The van der Waals surface area contributed by atoms with Gasteiger partial charge < -0.3 is 4.90 Å². The quantitative estimate of drug-likeness (QED) is 0.652. The van der Waals surface area contributed by atoms with Crippen LogP contribution in [-0.4, -0.2) is 47.7 Å². The first-order chi connectivity index (χ1) is 14.0. The number of piperidine rings is 1. The third-order valence-electron chi connectivity index (χ3n) is 6.04. The maximum Gasteiger partial charge on any atom is 0.244 e. The Labute approximate surface area is 174 Å². The topological polar surface area (TPSA) is 40.6 Å². The molecule has 2 aromatic rings. The van der Waals surface area contributed by atoms with Crippen LogP contribution in [0.25, 0.3) is 0 Å². The zero-order valence-electron chi connectivity index (χ0n) is 17.8. The summed E-state index contributed by atoms with van der Waals surface area (Å²) < 4.78 is 0. The molecule has 154 valence electrons. The molecule has 1 unspecified atom stereocenters. The Hall–Kier alpha value is -2.46. The summed E-state index contributed by atoms with van der Waals surface area (Å²) in [6, 6.07) is 17.6. The fourth-order valence-electron chi connectivity index (χ4n) is 4.22. The van der Waals surface area contributed by atoms with Crippen LogP contribution in [0.3, 0.4) is 0 Å². The normalized spacial score (nSPS) is 16.1. The highest BCUT2D eigenvalue weighted by molar-refractivity contribution is 5.98. The molecule has 0 bridgehead atoms. The SMILES string of the molecule is CCN(CC)C(C(=O)N1CCC(C(=O)c2ccc(C)cc2)CC1)c1ccccc1. The van der Waals surface area contributed by atoms with Gasteiger partial charge in [0.05, 0.1) is 0 Å². The van der Waals surface area contributed by atoms with Gasteiger partial charge in [-0.15, -0.1) is 0 Å². The fourth-order valence-corrected chi connectivity index (χ4v) is 4.22. The fraction of sp³-hybridized carbons (Fsp3) is 0.440. The van der Waals surface area contributed by atoms with E-state index in [0.717, 1.165) is 42.6 Å². The lowest BCUT2D eigenvalue weighted by atomic mass is 9.88. The van der Waals surface area contributed by atoms with E-state index in [1.54, 1.807) is 0 Å². The van der Waals surface area contributed by atoms with Gasteiger partial charge in [0.2, 0.25) is 5.91 Å². The Bertz CT molecular complexity index is 804. The summed E-state index contributed by atoms with van der Waals surface area (Å²) in [5, 5.41) is 0. The summed E-state index contributed by atoms with van der Waals surface area (Å²) in [6.45, 7) is 9.15. The average molecular weight is 393 g/mol. The molecule has 1 fully saturated rings. The summed E-state index contributed by atoms with van der Waals surface area (Å²) in [6.07, 6.45) is 1.47. The Morgan fingerprint density at radius 2 is 1.55 bits per heavy atom. The number of hydrogen-bond donors (Lipinski definition) is 0. The molecule has 0 N–H and O–H groups in total.